The molecule has 0 amide bonds. The summed E-state index contributed by atoms with van der Waals surface area (Å²) in [7, 11) is -4.49. The Morgan fingerprint density at radius 1 is 1.40 bits per heavy atom. The quantitative estimate of drug-likeness (QED) is 0.564. The van der Waals surface area contributed by atoms with Gasteiger partial charge in [0.05, 0.1) is 0 Å². The van der Waals surface area contributed by atoms with E-state index in [2.05, 4.69) is 4.31 Å². The zero-order valence-corrected chi connectivity index (χ0v) is 11.5. The van der Waals surface area contributed by atoms with Gasteiger partial charge in [0.15, 0.2) is 8.03 Å². The molecule has 0 rings (SSSR count). The first kappa shape index (κ1) is 17.6. The standard InChI is InChI=1S/C3H10O3P2.CH3.Y/c1-7(4)6-8(2,3)5;;/h7H,1-3H3;1H3;/q;-1;. The first-order valence-corrected chi connectivity index (χ1v) is 6.50. The first-order chi connectivity index (χ1) is 3.42. The summed E-state index contributed by atoms with van der Waals surface area (Å²) in [6.45, 7) is 4.31. The summed E-state index contributed by atoms with van der Waals surface area (Å²) in [5.74, 6) is 0. The van der Waals surface area contributed by atoms with Gasteiger partial charge in [0.1, 0.15) is 0 Å². The Kier molecular flexibility index (Phi) is 12.6. The van der Waals surface area contributed by atoms with Crippen molar-refractivity contribution in [3.05, 3.63) is 7.43 Å². The van der Waals surface area contributed by atoms with Crippen LogP contribution in [0.5, 0.6) is 0 Å². The van der Waals surface area contributed by atoms with Crippen LogP contribution < -0.4 is 0 Å². The second-order valence-electron chi connectivity index (χ2n) is 1.83. The van der Waals surface area contributed by atoms with Crippen LogP contribution in [0.2, 0.25) is 0 Å². The van der Waals surface area contributed by atoms with E-state index in [0.29, 0.717) is 0 Å². The molecular weight excluding hydrogens is 247 g/mol. The molecule has 0 aromatic carbocycles. The molecular formula is C4H13O3P2Y-. The Labute approximate surface area is 88.5 Å². The van der Waals surface area contributed by atoms with Crippen LogP contribution in [0.1, 0.15) is 0 Å². The molecule has 0 aromatic rings. The van der Waals surface area contributed by atoms with E-state index in [-0.39, 0.29) is 40.1 Å². The molecule has 3 nitrogen and oxygen atoms in total. The summed E-state index contributed by atoms with van der Waals surface area (Å²) in [6.07, 6.45) is 0. The second-order valence-corrected chi connectivity index (χ2v) is 6.05. The van der Waals surface area contributed by atoms with Gasteiger partial charge in [-0.3, -0.25) is 13.4 Å². The molecule has 0 N–H and O–H groups in total. The number of hydrogen-bond donors (Lipinski definition) is 0. The molecule has 0 saturated heterocycles. The minimum atomic E-state index is -2.49. The Bertz CT molecular complexity index is 141. The van der Waals surface area contributed by atoms with E-state index in [0.717, 1.165) is 0 Å². The first-order valence-electron chi connectivity index (χ1n) is 2.17. The summed E-state index contributed by atoms with van der Waals surface area (Å²) >= 11 is 0. The average molecular weight is 260 g/mol. The van der Waals surface area contributed by atoms with Crippen molar-refractivity contribution in [2.45, 2.75) is 0 Å². The van der Waals surface area contributed by atoms with Crippen LogP contribution in [-0.4, -0.2) is 20.0 Å². The van der Waals surface area contributed by atoms with Gasteiger partial charge in [0.2, 0.25) is 7.37 Å². The SMILES string of the molecule is C[PH](=O)OP(C)(C)=O.[CH3-].[Y]. The zero-order valence-electron chi connectivity index (χ0n) is 6.75. The molecule has 6 heteroatoms. The van der Waals surface area contributed by atoms with Crippen LogP contribution in [0.25, 0.3) is 0 Å². The summed E-state index contributed by atoms with van der Waals surface area (Å²) in [5.41, 5.74) is 0. The third-order valence-corrected chi connectivity index (χ3v) is 3.14. The fourth-order valence-electron chi connectivity index (χ4n) is 0.310. The number of rotatable bonds is 2. The maximum absolute atomic E-state index is 10.6. The van der Waals surface area contributed by atoms with E-state index in [1.165, 1.54) is 20.0 Å². The Morgan fingerprint density at radius 3 is 1.70 bits per heavy atom. The summed E-state index contributed by atoms with van der Waals surface area (Å²) in [6, 6.07) is 0. The molecule has 0 fully saturated rings. The van der Waals surface area contributed by atoms with Gasteiger partial charge in [-0.25, -0.2) is 0 Å². The van der Waals surface area contributed by atoms with Crippen molar-refractivity contribution in [3.8, 4) is 0 Å². The molecule has 0 heterocycles. The van der Waals surface area contributed by atoms with E-state index >= 15 is 0 Å². The topological polar surface area (TPSA) is 43.4 Å². The number of hydrogen-bond acceptors (Lipinski definition) is 3. The predicted molar refractivity (Wildman–Crippen MR) is 41.9 cm³/mol. The van der Waals surface area contributed by atoms with Gasteiger partial charge in [-0.1, -0.05) is 0 Å². The normalized spacial score (nSPS) is 12.7. The fraction of sp³-hybridized carbons (Fsp3) is 0.750. The van der Waals surface area contributed by atoms with E-state index in [4.69, 9.17) is 0 Å². The van der Waals surface area contributed by atoms with Gasteiger partial charge in [0.25, 0.3) is 0 Å². The monoisotopic (exact) mass is 260 g/mol. The molecule has 0 aliphatic rings. The van der Waals surface area contributed by atoms with Gasteiger partial charge in [-0.15, -0.1) is 0 Å². The molecule has 1 radical (unpaired) electrons. The van der Waals surface area contributed by atoms with Crippen LogP contribution in [0.15, 0.2) is 0 Å². The van der Waals surface area contributed by atoms with Gasteiger partial charge >= 0.3 is 0 Å². The van der Waals surface area contributed by atoms with Crippen LogP contribution in [-0.2, 0) is 46.1 Å². The Morgan fingerprint density at radius 2 is 1.70 bits per heavy atom. The van der Waals surface area contributed by atoms with Gasteiger partial charge in [-0.05, 0) is 0 Å². The molecule has 1 atom stereocenters. The molecule has 61 valence electrons. The third-order valence-electron chi connectivity index (χ3n) is 0.348. The smallest absolute Gasteiger partial charge is 0.202 e. The van der Waals surface area contributed by atoms with Crippen molar-refractivity contribution in [3.63, 3.8) is 0 Å². The zero-order chi connectivity index (χ0) is 6.78. The molecule has 0 aromatic heterocycles. The van der Waals surface area contributed by atoms with Crippen molar-refractivity contribution < 1.29 is 46.1 Å². The van der Waals surface area contributed by atoms with E-state index < -0.39 is 15.4 Å². The molecule has 10 heavy (non-hydrogen) atoms. The second kappa shape index (κ2) is 7.19. The van der Waals surface area contributed by atoms with Crippen molar-refractivity contribution in [2.75, 3.05) is 20.0 Å². The summed E-state index contributed by atoms with van der Waals surface area (Å²) in [5, 5.41) is 0. The minimum absolute atomic E-state index is 0. The Balaban J connectivity index is -0.000000245. The molecule has 0 bridgehead atoms. The van der Waals surface area contributed by atoms with Crippen LogP contribution in [0.4, 0.5) is 0 Å². The fourth-order valence-corrected chi connectivity index (χ4v) is 2.79. The molecule has 1 unspecified atom stereocenters. The van der Waals surface area contributed by atoms with E-state index in [1.807, 2.05) is 0 Å². The van der Waals surface area contributed by atoms with Gasteiger partial charge in [0, 0.05) is 52.7 Å². The van der Waals surface area contributed by atoms with Crippen LogP contribution in [0, 0.1) is 7.43 Å². The van der Waals surface area contributed by atoms with Crippen LogP contribution in [0.3, 0.4) is 0 Å². The molecule has 0 spiro atoms. The average Bonchev–Trinajstić information content (AvgIpc) is 1.21. The summed E-state index contributed by atoms with van der Waals surface area (Å²) in [4.78, 5) is 0. The van der Waals surface area contributed by atoms with Crippen molar-refractivity contribution in [1.29, 1.82) is 0 Å². The van der Waals surface area contributed by atoms with Crippen molar-refractivity contribution in [1.82, 2.24) is 0 Å². The van der Waals surface area contributed by atoms with E-state index in [9.17, 15) is 9.13 Å². The van der Waals surface area contributed by atoms with Crippen molar-refractivity contribution >= 4 is 15.4 Å². The van der Waals surface area contributed by atoms with Crippen molar-refractivity contribution in [2.24, 2.45) is 0 Å². The molecule has 0 aliphatic heterocycles. The Hall–Kier alpha value is 1.52. The third kappa shape index (κ3) is 16.3. The van der Waals surface area contributed by atoms with E-state index in [1.54, 1.807) is 0 Å². The van der Waals surface area contributed by atoms with Crippen LogP contribution >= 0.6 is 15.4 Å². The maximum Gasteiger partial charge on any atom is 0.202 e. The maximum atomic E-state index is 10.6. The minimum Gasteiger partial charge on any atom is -0.358 e. The predicted octanol–water partition coefficient (Wildman–Crippen LogP) is 2.09. The van der Waals surface area contributed by atoms with Gasteiger partial charge in [-0.2, -0.15) is 0 Å². The largest absolute Gasteiger partial charge is 0.358 e. The molecule has 0 saturated carbocycles. The molecule has 0 aliphatic carbocycles. The summed E-state index contributed by atoms with van der Waals surface area (Å²) < 4.78 is 25.4. The van der Waals surface area contributed by atoms with Gasteiger partial charge < -0.3 is 7.43 Å².